The Hall–Kier alpha value is -0.770. The molecule has 4 heteroatoms. The lowest BCUT2D eigenvalue weighted by molar-refractivity contribution is 0.123. The second kappa shape index (κ2) is 6.41. The molecule has 2 aliphatic rings. The second-order valence-electron chi connectivity index (χ2n) is 5.70. The molecule has 0 N–H and O–H groups in total. The minimum absolute atomic E-state index is 0.289. The smallest absolute Gasteiger partial charge is 0.320 e. The van der Waals surface area contributed by atoms with Crippen LogP contribution in [0, 0.1) is 0 Å². The van der Waals surface area contributed by atoms with Crippen molar-refractivity contribution < 1.29 is 4.79 Å². The van der Waals surface area contributed by atoms with Crippen LogP contribution in [-0.2, 0) is 0 Å². The SMILES string of the molecule is CCC1CN(C)CCCN1C(=O)N1CCCCC1. The number of urea groups is 1. The third kappa shape index (κ3) is 3.16. The van der Waals surface area contributed by atoms with E-state index in [9.17, 15) is 4.79 Å². The Morgan fingerprint density at radius 2 is 1.78 bits per heavy atom. The van der Waals surface area contributed by atoms with Crippen LogP contribution in [0.4, 0.5) is 4.79 Å². The first-order valence-electron chi connectivity index (χ1n) is 7.46. The molecule has 0 aromatic carbocycles. The number of likely N-dealkylation sites (N-methyl/N-ethyl adjacent to an activating group) is 1. The lowest BCUT2D eigenvalue weighted by Crippen LogP contribution is -2.51. The average Bonchev–Trinajstić information content (AvgIpc) is 2.60. The summed E-state index contributed by atoms with van der Waals surface area (Å²) < 4.78 is 0. The van der Waals surface area contributed by atoms with Crippen molar-refractivity contribution in [3.8, 4) is 0 Å². The van der Waals surface area contributed by atoms with Crippen molar-refractivity contribution in [1.82, 2.24) is 14.7 Å². The van der Waals surface area contributed by atoms with Crippen molar-refractivity contribution in [2.45, 2.75) is 45.1 Å². The van der Waals surface area contributed by atoms with Gasteiger partial charge in [-0.05, 0) is 45.7 Å². The first-order valence-corrected chi connectivity index (χ1v) is 7.46. The molecule has 0 radical (unpaired) electrons. The summed E-state index contributed by atoms with van der Waals surface area (Å²) in [5.41, 5.74) is 0. The highest BCUT2D eigenvalue weighted by molar-refractivity contribution is 5.75. The van der Waals surface area contributed by atoms with Gasteiger partial charge in [0.05, 0.1) is 0 Å². The van der Waals surface area contributed by atoms with E-state index in [1.54, 1.807) is 0 Å². The van der Waals surface area contributed by atoms with Gasteiger partial charge in [0.15, 0.2) is 0 Å². The Bertz CT molecular complexity index is 276. The first kappa shape index (κ1) is 13.7. The van der Waals surface area contributed by atoms with Gasteiger partial charge in [0.1, 0.15) is 0 Å². The van der Waals surface area contributed by atoms with E-state index in [0.717, 1.165) is 45.6 Å². The molecule has 0 bridgehead atoms. The molecule has 0 aromatic rings. The zero-order valence-electron chi connectivity index (χ0n) is 11.9. The molecule has 0 aliphatic carbocycles. The Morgan fingerprint density at radius 1 is 1.06 bits per heavy atom. The van der Waals surface area contributed by atoms with Gasteiger partial charge < -0.3 is 14.7 Å². The molecule has 104 valence electrons. The number of hydrogen-bond donors (Lipinski definition) is 0. The van der Waals surface area contributed by atoms with Crippen LogP contribution >= 0.6 is 0 Å². The fourth-order valence-corrected chi connectivity index (χ4v) is 3.11. The van der Waals surface area contributed by atoms with Crippen molar-refractivity contribution in [3.63, 3.8) is 0 Å². The molecule has 0 aromatic heterocycles. The number of rotatable bonds is 1. The van der Waals surface area contributed by atoms with Crippen molar-refractivity contribution in [2.75, 3.05) is 39.8 Å². The Morgan fingerprint density at radius 3 is 2.44 bits per heavy atom. The van der Waals surface area contributed by atoms with Gasteiger partial charge in [-0.2, -0.15) is 0 Å². The third-order valence-electron chi connectivity index (χ3n) is 4.25. The van der Waals surface area contributed by atoms with Crippen LogP contribution in [0.25, 0.3) is 0 Å². The average molecular weight is 253 g/mol. The normalized spacial score (nSPS) is 27.1. The predicted molar refractivity (Wildman–Crippen MR) is 73.7 cm³/mol. The number of nitrogens with zero attached hydrogens (tertiary/aromatic N) is 3. The lowest BCUT2D eigenvalue weighted by atomic mass is 10.1. The zero-order chi connectivity index (χ0) is 13.0. The van der Waals surface area contributed by atoms with Gasteiger partial charge in [-0.15, -0.1) is 0 Å². The van der Waals surface area contributed by atoms with Crippen molar-refractivity contribution in [1.29, 1.82) is 0 Å². The molecule has 2 saturated heterocycles. The van der Waals surface area contributed by atoms with Crippen LogP contribution in [0.1, 0.15) is 39.0 Å². The highest BCUT2D eigenvalue weighted by Crippen LogP contribution is 2.17. The lowest BCUT2D eigenvalue weighted by Gasteiger charge is -2.36. The Balaban J connectivity index is 2.01. The maximum absolute atomic E-state index is 12.6. The van der Waals surface area contributed by atoms with E-state index in [-0.39, 0.29) is 6.03 Å². The van der Waals surface area contributed by atoms with Crippen LogP contribution < -0.4 is 0 Å². The standard InChI is InChI=1S/C14H27N3O/c1-3-13-12-15(2)8-7-11-17(13)14(18)16-9-5-4-6-10-16/h13H,3-12H2,1-2H3. The van der Waals surface area contributed by atoms with Gasteiger partial charge in [-0.3, -0.25) is 0 Å². The first-order chi connectivity index (χ1) is 8.72. The number of hydrogen-bond acceptors (Lipinski definition) is 2. The summed E-state index contributed by atoms with van der Waals surface area (Å²) in [5, 5.41) is 0. The monoisotopic (exact) mass is 253 g/mol. The summed E-state index contributed by atoms with van der Waals surface area (Å²) in [6, 6.07) is 0.684. The number of likely N-dealkylation sites (tertiary alicyclic amines) is 1. The second-order valence-corrected chi connectivity index (χ2v) is 5.70. The highest BCUT2D eigenvalue weighted by Gasteiger charge is 2.29. The van der Waals surface area contributed by atoms with Gasteiger partial charge in [-0.1, -0.05) is 6.92 Å². The summed E-state index contributed by atoms with van der Waals surface area (Å²) in [4.78, 5) is 19.2. The molecule has 18 heavy (non-hydrogen) atoms. The van der Waals surface area contributed by atoms with Crippen LogP contribution in [0.5, 0.6) is 0 Å². The molecular formula is C14H27N3O. The minimum atomic E-state index is 0.289. The summed E-state index contributed by atoms with van der Waals surface area (Å²) in [6.07, 6.45) is 5.80. The van der Waals surface area contributed by atoms with Gasteiger partial charge in [0.2, 0.25) is 0 Å². The summed E-state index contributed by atoms with van der Waals surface area (Å²) in [7, 11) is 2.16. The molecule has 2 fully saturated rings. The van der Waals surface area contributed by atoms with E-state index in [4.69, 9.17) is 0 Å². The molecule has 2 amide bonds. The molecule has 2 aliphatic heterocycles. The summed E-state index contributed by atoms with van der Waals surface area (Å²) in [5.74, 6) is 0. The van der Waals surface area contributed by atoms with Crippen molar-refractivity contribution >= 4 is 6.03 Å². The van der Waals surface area contributed by atoms with E-state index in [1.807, 2.05) is 0 Å². The molecule has 1 atom stereocenters. The molecule has 2 rings (SSSR count). The van der Waals surface area contributed by atoms with Gasteiger partial charge >= 0.3 is 6.03 Å². The quantitative estimate of drug-likeness (QED) is 0.714. The van der Waals surface area contributed by atoms with E-state index < -0.39 is 0 Å². The van der Waals surface area contributed by atoms with E-state index in [2.05, 4.69) is 28.7 Å². The fraction of sp³-hybridized carbons (Fsp3) is 0.929. The highest BCUT2D eigenvalue weighted by atomic mass is 16.2. The van der Waals surface area contributed by atoms with Crippen molar-refractivity contribution in [2.24, 2.45) is 0 Å². The summed E-state index contributed by atoms with van der Waals surface area (Å²) >= 11 is 0. The molecule has 0 saturated carbocycles. The number of carbonyl (C=O) groups is 1. The third-order valence-corrected chi connectivity index (χ3v) is 4.25. The number of amides is 2. The molecule has 4 nitrogen and oxygen atoms in total. The maximum Gasteiger partial charge on any atom is 0.320 e. The largest absolute Gasteiger partial charge is 0.325 e. The van der Waals surface area contributed by atoms with E-state index in [1.165, 1.54) is 19.3 Å². The van der Waals surface area contributed by atoms with Crippen LogP contribution in [-0.4, -0.2) is 66.5 Å². The number of carbonyl (C=O) groups excluding carboxylic acids is 1. The molecule has 2 heterocycles. The van der Waals surface area contributed by atoms with Gasteiger partial charge in [-0.25, -0.2) is 4.79 Å². The van der Waals surface area contributed by atoms with E-state index in [0.29, 0.717) is 6.04 Å². The topological polar surface area (TPSA) is 26.8 Å². The van der Waals surface area contributed by atoms with Gasteiger partial charge in [0.25, 0.3) is 0 Å². The van der Waals surface area contributed by atoms with Crippen molar-refractivity contribution in [3.05, 3.63) is 0 Å². The van der Waals surface area contributed by atoms with E-state index >= 15 is 0 Å². The fourth-order valence-electron chi connectivity index (χ4n) is 3.11. The number of piperidine rings is 1. The van der Waals surface area contributed by atoms with Crippen LogP contribution in [0.15, 0.2) is 0 Å². The zero-order valence-corrected chi connectivity index (χ0v) is 11.9. The predicted octanol–water partition coefficient (Wildman–Crippen LogP) is 2.01. The van der Waals surface area contributed by atoms with Crippen LogP contribution in [0.3, 0.4) is 0 Å². The summed E-state index contributed by atoms with van der Waals surface area (Å²) in [6.45, 7) is 7.18. The maximum atomic E-state index is 12.6. The molecule has 1 unspecified atom stereocenters. The van der Waals surface area contributed by atoms with Crippen LogP contribution in [0.2, 0.25) is 0 Å². The molecule has 0 spiro atoms. The molecular weight excluding hydrogens is 226 g/mol. The van der Waals surface area contributed by atoms with Gasteiger partial charge in [0, 0.05) is 32.2 Å². The Kier molecular flexibility index (Phi) is 4.87. The minimum Gasteiger partial charge on any atom is -0.325 e. The Labute approximate surface area is 111 Å².